The Hall–Kier alpha value is -2.08. The lowest BCUT2D eigenvalue weighted by molar-refractivity contribution is -0.133. The molecule has 0 aromatic heterocycles. The zero-order chi connectivity index (χ0) is 15.2. The number of rotatable bonds is 6. The second kappa shape index (κ2) is 7.08. The van der Waals surface area contributed by atoms with Gasteiger partial charge in [0.2, 0.25) is 11.8 Å². The molecule has 0 radical (unpaired) electrons. The smallest absolute Gasteiger partial charge is 0.237 e. The number of carbonyl (C=O) groups excluding carboxylic acids is 2. The number of primary amides is 1. The van der Waals surface area contributed by atoms with Gasteiger partial charge in [-0.25, -0.2) is 0 Å². The number of benzene rings is 1. The summed E-state index contributed by atoms with van der Waals surface area (Å²) in [7, 11) is 0. The molecule has 1 aliphatic heterocycles. The highest BCUT2D eigenvalue weighted by Gasteiger charge is 2.30. The number of nitrogens with zero attached hydrogens (tertiary/aromatic N) is 1. The largest absolute Gasteiger partial charge is 0.494 e. The van der Waals surface area contributed by atoms with Gasteiger partial charge in [-0.3, -0.25) is 14.5 Å². The molecule has 0 bridgehead atoms. The highest BCUT2D eigenvalue weighted by atomic mass is 16.5. The van der Waals surface area contributed by atoms with Crippen LogP contribution in [0, 0.1) is 0 Å². The molecule has 114 valence electrons. The number of ether oxygens (including phenoxy) is 1. The van der Waals surface area contributed by atoms with Crippen LogP contribution in [0.25, 0.3) is 0 Å². The normalized spacial score (nSPS) is 19.1. The third kappa shape index (κ3) is 4.19. The molecule has 1 saturated heterocycles. The van der Waals surface area contributed by atoms with Gasteiger partial charge in [0.25, 0.3) is 0 Å². The molecule has 2 amide bonds. The van der Waals surface area contributed by atoms with Crippen LogP contribution in [0.1, 0.15) is 18.9 Å². The maximum absolute atomic E-state index is 11.9. The Morgan fingerprint density at radius 2 is 2.14 bits per heavy atom. The lowest BCUT2D eigenvalue weighted by Crippen LogP contribution is -2.55. The first-order chi connectivity index (χ1) is 10.1. The minimum absolute atomic E-state index is 0.0445. The molecule has 0 aliphatic carbocycles. The van der Waals surface area contributed by atoms with E-state index in [1.54, 1.807) is 0 Å². The van der Waals surface area contributed by atoms with Gasteiger partial charge in [-0.2, -0.15) is 0 Å². The first kappa shape index (κ1) is 15.3. The van der Waals surface area contributed by atoms with Gasteiger partial charge in [-0.1, -0.05) is 12.1 Å². The average molecular weight is 291 g/mol. The van der Waals surface area contributed by atoms with E-state index < -0.39 is 11.9 Å². The van der Waals surface area contributed by atoms with Crippen LogP contribution in [0.4, 0.5) is 0 Å². The van der Waals surface area contributed by atoms with E-state index in [9.17, 15) is 9.59 Å². The van der Waals surface area contributed by atoms with Gasteiger partial charge in [0.05, 0.1) is 19.1 Å². The fraction of sp³-hybridized carbons (Fsp3) is 0.467. The molecule has 1 aromatic carbocycles. The van der Waals surface area contributed by atoms with Crippen molar-refractivity contribution in [3.8, 4) is 5.75 Å². The van der Waals surface area contributed by atoms with E-state index in [-0.39, 0.29) is 12.3 Å². The molecular weight excluding hydrogens is 270 g/mol. The summed E-state index contributed by atoms with van der Waals surface area (Å²) >= 11 is 0. The predicted octanol–water partition coefficient (Wildman–Crippen LogP) is 0.261. The number of carbonyl (C=O) groups is 2. The SMILES string of the molecule is CCOc1ccc(CN2CCNC(=O)[C@@H]2CC(N)=O)cc1. The summed E-state index contributed by atoms with van der Waals surface area (Å²) in [6.07, 6.45) is 0.0445. The Kier molecular flexibility index (Phi) is 5.16. The minimum Gasteiger partial charge on any atom is -0.494 e. The molecule has 1 fully saturated rings. The van der Waals surface area contributed by atoms with Crippen LogP contribution in [0.15, 0.2) is 24.3 Å². The van der Waals surface area contributed by atoms with Crippen molar-refractivity contribution >= 4 is 11.8 Å². The van der Waals surface area contributed by atoms with E-state index in [4.69, 9.17) is 10.5 Å². The third-order valence-corrected chi connectivity index (χ3v) is 3.46. The highest BCUT2D eigenvalue weighted by molar-refractivity contribution is 5.88. The van der Waals surface area contributed by atoms with Gasteiger partial charge in [0, 0.05) is 19.6 Å². The van der Waals surface area contributed by atoms with Crippen LogP contribution in [0.2, 0.25) is 0 Å². The quantitative estimate of drug-likeness (QED) is 0.787. The number of hydrogen-bond acceptors (Lipinski definition) is 4. The summed E-state index contributed by atoms with van der Waals surface area (Å²) < 4.78 is 5.40. The van der Waals surface area contributed by atoms with Crippen LogP contribution < -0.4 is 15.8 Å². The maximum atomic E-state index is 11.9. The van der Waals surface area contributed by atoms with E-state index in [1.807, 2.05) is 36.1 Å². The molecule has 6 nitrogen and oxygen atoms in total. The first-order valence-corrected chi connectivity index (χ1v) is 7.12. The van der Waals surface area contributed by atoms with Crippen molar-refractivity contribution in [2.45, 2.75) is 25.9 Å². The molecule has 1 aliphatic rings. The topological polar surface area (TPSA) is 84.7 Å². The zero-order valence-electron chi connectivity index (χ0n) is 12.2. The van der Waals surface area contributed by atoms with Crippen LogP contribution >= 0.6 is 0 Å². The molecule has 3 N–H and O–H groups in total. The summed E-state index contributed by atoms with van der Waals surface area (Å²) in [5, 5.41) is 2.77. The molecule has 0 spiro atoms. The van der Waals surface area contributed by atoms with Gasteiger partial charge in [0.15, 0.2) is 0 Å². The van der Waals surface area contributed by atoms with Crippen molar-refractivity contribution < 1.29 is 14.3 Å². The third-order valence-electron chi connectivity index (χ3n) is 3.46. The first-order valence-electron chi connectivity index (χ1n) is 7.12. The van der Waals surface area contributed by atoms with Crippen LogP contribution in [-0.2, 0) is 16.1 Å². The lowest BCUT2D eigenvalue weighted by Gasteiger charge is -2.34. The Morgan fingerprint density at radius 3 is 2.76 bits per heavy atom. The van der Waals surface area contributed by atoms with Gasteiger partial charge in [-0.05, 0) is 24.6 Å². The number of hydrogen-bond donors (Lipinski definition) is 2. The second-order valence-corrected chi connectivity index (χ2v) is 5.02. The maximum Gasteiger partial charge on any atom is 0.237 e. The summed E-state index contributed by atoms with van der Waals surface area (Å²) in [5.41, 5.74) is 6.30. The molecule has 1 aromatic rings. The van der Waals surface area contributed by atoms with E-state index in [0.29, 0.717) is 26.2 Å². The summed E-state index contributed by atoms with van der Waals surface area (Å²) in [6.45, 7) is 4.47. The molecule has 0 saturated carbocycles. The van der Waals surface area contributed by atoms with Gasteiger partial charge < -0.3 is 15.8 Å². The van der Waals surface area contributed by atoms with E-state index in [0.717, 1.165) is 11.3 Å². The number of nitrogens with two attached hydrogens (primary N) is 1. The van der Waals surface area contributed by atoms with E-state index in [2.05, 4.69) is 5.32 Å². The summed E-state index contributed by atoms with van der Waals surface area (Å²) in [6, 6.07) is 7.28. The standard InChI is InChI=1S/C15H21N3O3/c1-2-21-12-5-3-11(4-6-12)10-18-8-7-17-15(20)13(18)9-14(16)19/h3-6,13H,2,7-10H2,1H3,(H2,16,19)(H,17,20)/t13-/m0/s1. The van der Waals surface area contributed by atoms with Crippen molar-refractivity contribution in [2.24, 2.45) is 5.73 Å². The molecule has 21 heavy (non-hydrogen) atoms. The Labute approximate surface area is 124 Å². The lowest BCUT2D eigenvalue weighted by atomic mass is 10.1. The van der Waals surface area contributed by atoms with Gasteiger partial charge >= 0.3 is 0 Å². The van der Waals surface area contributed by atoms with Crippen molar-refractivity contribution in [1.82, 2.24) is 10.2 Å². The summed E-state index contributed by atoms with van der Waals surface area (Å²) in [5.74, 6) is 0.228. The molecule has 6 heteroatoms. The van der Waals surface area contributed by atoms with Crippen molar-refractivity contribution in [3.05, 3.63) is 29.8 Å². The number of nitrogens with one attached hydrogen (secondary N) is 1. The molecule has 2 rings (SSSR count). The van der Waals surface area contributed by atoms with Crippen molar-refractivity contribution in [1.29, 1.82) is 0 Å². The van der Waals surface area contributed by atoms with Gasteiger partial charge in [0.1, 0.15) is 5.75 Å². The van der Waals surface area contributed by atoms with Crippen LogP contribution in [0.3, 0.4) is 0 Å². The van der Waals surface area contributed by atoms with Crippen LogP contribution in [-0.4, -0.2) is 42.5 Å². The second-order valence-electron chi connectivity index (χ2n) is 5.02. The van der Waals surface area contributed by atoms with Crippen LogP contribution in [0.5, 0.6) is 5.75 Å². The monoisotopic (exact) mass is 291 g/mol. The number of amides is 2. The van der Waals surface area contributed by atoms with E-state index >= 15 is 0 Å². The number of piperazine rings is 1. The Morgan fingerprint density at radius 1 is 1.43 bits per heavy atom. The van der Waals surface area contributed by atoms with E-state index in [1.165, 1.54) is 0 Å². The predicted molar refractivity (Wildman–Crippen MR) is 78.6 cm³/mol. The molecule has 1 atom stereocenters. The Balaban J connectivity index is 2.04. The van der Waals surface area contributed by atoms with Crippen molar-refractivity contribution in [2.75, 3.05) is 19.7 Å². The molecule has 0 unspecified atom stereocenters. The highest BCUT2D eigenvalue weighted by Crippen LogP contribution is 2.17. The Bertz CT molecular complexity index is 501. The average Bonchev–Trinajstić information content (AvgIpc) is 2.45. The van der Waals surface area contributed by atoms with Gasteiger partial charge in [-0.15, -0.1) is 0 Å². The summed E-state index contributed by atoms with van der Waals surface area (Å²) in [4.78, 5) is 25.0. The fourth-order valence-corrected chi connectivity index (χ4v) is 2.46. The zero-order valence-corrected chi connectivity index (χ0v) is 12.2. The minimum atomic E-state index is -0.484. The molecule has 1 heterocycles. The van der Waals surface area contributed by atoms with Crippen molar-refractivity contribution in [3.63, 3.8) is 0 Å². The molecular formula is C15H21N3O3. The fourth-order valence-electron chi connectivity index (χ4n) is 2.46.